The summed E-state index contributed by atoms with van der Waals surface area (Å²) in [6, 6.07) is 13.1. The van der Waals surface area contributed by atoms with E-state index in [2.05, 4.69) is 52.2 Å². The molecule has 0 amide bonds. The van der Waals surface area contributed by atoms with Crippen molar-refractivity contribution in [3.63, 3.8) is 0 Å². The van der Waals surface area contributed by atoms with Gasteiger partial charge in [0.1, 0.15) is 5.82 Å². The molecule has 0 saturated heterocycles. The quantitative estimate of drug-likeness (QED) is 0.695. The highest BCUT2D eigenvalue weighted by atomic mass is 127. The van der Waals surface area contributed by atoms with Crippen LogP contribution in [0, 0.1) is 9.39 Å². The molecule has 0 aliphatic rings. The molecular weight excluding hydrogens is 388 g/mol. The van der Waals surface area contributed by atoms with Gasteiger partial charge in [0.2, 0.25) is 0 Å². The van der Waals surface area contributed by atoms with Crippen LogP contribution in [0.25, 0.3) is 0 Å². The van der Waals surface area contributed by atoms with Gasteiger partial charge in [-0.05, 0) is 65.4 Å². The van der Waals surface area contributed by atoms with Gasteiger partial charge in [0, 0.05) is 20.2 Å². The minimum absolute atomic E-state index is 0.0441. The Hall–Kier alpha value is -0.650. The summed E-state index contributed by atoms with van der Waals surface area (Å²) < 4.78 is 15.3. The highest BCUT2D eigenvalue weighted by Crippen LogP contribution is 2.24. The summed E-state index contributed by atoms with van der Waals surface area (Å²) >= 11 is 8.09. The molecule has 0 fully saturated rings. The Morgan fingerprint density at radius 1 is 1.20 bits per heavy atom. The Kier molecular flexibility index (Phi) is 5.81. The van der Waals surface area contributed by atoms with Crippen LogP contribution in [0.1, 0.15) is 24.1 Å². The maximum atomic E-state index is 14.1. The second-order valence-corrected chi connectivity index (χ2v) is 6.29. The van der Waals surface area contributed by atoms with Crippen LogP contribution in [-0.2, 0) is 6.42 Å². The zero-order valence-corrected chi connectivity index (χ0v) is 14.1. The molecule has 2 aromatic rings. The Bertz CT molecular complexity index is 571. The predicted octanol–water partition coefficient (Wildman–Crippen LogP) is 4.98. The number of likely N-dealkylation sites (N-methyl/N-ethyl adjacent to an activating group) is 1. The molecule has 0 spiro atoms. The number of hydrogen-bond acceptors (Lipinski definition) is 1. The van der Waals surface area contributed by atoms with Crippen LogP contribution < -0.4 is 5.32 Å². The monoisotopic (exact) mass is 403 g/mol. The lowest BCUT2D eigenvalue weighted by atomic mass is 9.98. The van der Waals surface area contributed by atoms with E-state index in [1.807, 2.05) is 6.92 Å². The molecule has 1 nitrogen and oxygen atoms in total. The smallest absolute Gasteiger partial charge is 0.129 e. The summed E-state index contributed by atoms with van der Waals surface area (Å²) in [5.74, 6) is -0.256. The van der Waals surface area contributed by atoms with Gasteiger partial charge in [-0.15, -0.1) is 0 Å². The molecule has 0 saturated carbocycles. The maximum absolute atomic E-state index is 14.1. The molecule has 106 valence electrons. The topological polar surface area (TPSA) is 12.0 Å². The van der Waals surface area contributed by atoms with Crippen molar-refractivity contribution < 1.29 is 4.39 Å². The highest BCUT2D eigenvalue weighted by Gasteiger charge is 2.15. The average molecular weight is 404 g/mol. The first kappa shape index (κ1) is 15.7. The van der Waals surface area contributed by atoms with E-state index in [9.17, 15) is 4.39 Å². The van der Waals surface area contributed by atoms with E-state index in [0.717, 1.165) is 13.0 Å². The predicted molar refractivity (Wildman–Crippen MR) is 90.7 cm³/mol. The molecular formula is C16H16ClFIN. The molecule has 0 heterocycles. The van der Waals surface area contributed by atoms with Crippen LogP contribution in [0.3, 0.4) is 0 Å². The summed E-state index contributed by atoms with van der Waals surface area (Å²) in [6.07, 6.45) is 0.753. The van der Waals surface area contributed by atoms with Crippen LogP contribution >= 0.6 is 34.2 Å². The van der Waals surface area contributed by atoms with Crippen LogP contribution in [0.15, 0.2) is 42.5 Å². The lowest BCUT2D eigenvalue weighted by Crippen LogP contribution is -2.24. The van der Waals surface area contributed by atoms with Crippen molar-refractivity contribution in [2.45, 2.75) is 19.4 Å². The SMILES string of the molecule is CCNC(Cc1ccc(I)cc1)c1ccc(Cl)cc1F. The van der Waals surface area contributed by atoms with Gasteiger partial charge in [-0.25, -0.2) is 4.39 Å². The Morgan fingerprint density at radius 3 is 2.50 bits per heavy atom. The van der Waals surface area contributed by atoms with E-state index in [1.165, 1.54) is 15.2 Å². The summed E-state index contributed by atoms with van der Waals surface area (Å²) in [5, 5.41) is 3.76. The normalized spacial score (nSPS) is 12.4. The van der Waals surface area contributed by atoms with Gasteiger partial charge in [0.05, 0.1) is 0 Å². The first-order chi connectivity index (χ1) is 9.60. The fraction of sp³-hybridized carbons (Fsp3) is 0.250. The van der Waals surface area contributed by atoms with Crippen molar-refractivity contribution in [1.82, 2.24) is 5.32 Å². The molecule has 0 aliphatic carbocycles. The minimum Gasteiger partial charge on any atom is -0.310 e. The molecule has 2 rings (SSSR count). The van der Waals surface area contributed by atoms with Gasteiger partial charge in [0.15, 0.2) is 0 Å². The summed E-state index contributed by atoms with van der Waals surface area (Å²) in [5.41, 5.74) is 1.85. The minimum atomic E-state index is -0.256. The van der Waals surface area contributed by atoms with Crippen molar-refractivity contribution in [1.29, 1.82) is 0 Å². The molecule has 1 N–H and O–H groups in total. The van der Waals surface area contributed by atoms with Gasteiger partial charge in [0.25, 0.3) is 0 Å². The second-order valence-electron chi connectivity index (χ2n) is 4.61. The number of rotatable bonds is 5. The molecule has 20 heavy (non-hydrogen) atoms. The van der Waals surface area contributed by atoms with Crippen molar-refractivity contribution in [3.8, 4) is 0 Å². The van der Waals surface area contributed by atoms with E-state index >= 15 is 0 Å². The zero-order valence-electron chi connectivity index (χ0n) is 11.2. The van der Waals surface area contributed by atoms with E-state index in [4.69, 9.17) is 11.6 Å². The van der Waals surface area contributed by atoms with E-state index < -0.39 is 0 Å². The van der Waals surface area contributed by atoms with Crippen molar-refractivity contribution >= 4 is 34.2 Å². The van der Waals surface area contributed by atoms with Gasteiger partial charge in [-0.2, -0.15) is 0 Å². The molecule has 0 aromatic heterocycles. The molecule has 0 radical (unpaired) electrons. The van der Waals surface area contributed by atoms with Gasteiger partial charge in [-0.1, -0.05) is 36.7 Å². The second kappa shape index (κ2) is 7.38. The van der Waals surface area contributed by atoms with Crippen molar-refractivity contribution in [3.05, 3.63) is 68.0 Å². The summed E-state index contributed by atoms with van der Waals surface area (Å²) in [4.78, 5) is 0. The highest BCUT2D eigenvalue weighted by molar-refractivity contribution is 14.1. The number of hydrogen-bond donors (Lipinski definition) is 1. The average Bonchev–Trinajstić information content (AvgIpc) is 2.41. The summed E-state index contributed by atoms with van der Waals surface area (Å²) in [7, 11) is 0. The van der Waals surface area contributed by atoms with Crippen molar-refractivity contribution in [2.75, 3.05) is 6.54 Å². The Labute approximate surface area is 137 Å². The largest absolute Gasteiger partial charge is 0.310 e. The number of benzene rings is 2. The van der Waals surface area contributed by atoms with Crippen LogP contribution in [-0.4, -0.2) is 6.54 Å². The number of nitrogens with one attached hydrogen (secondary N) is 1. The molecule has 0 aliphatic heterocycles. The standard InChI is InChI=1S/C16H16ClFIN/c1-2-20-16(9-11-3-6-13(19)7-4-11)14-8-5-12(17)10-15(14)18/h3-8,10,16,20H,2,9H2,1H3. The molecule has 0 bridgehead atoms. The molecule has 2 aromatic carbocycles. The Balaban J connectivity index is 2.24. The van der Waals surface area contributed by atoms with Crippen LogP contribution in [0.2, 0.25) is 5.02 Å². The molecule has 1 unspecified atom stereocenters. The van der Waals surface area contributed by atoms with Crippen LogP contribution in [0.4, 0.5) is 4.39 Å². The third kappa shape index (κ3) is 4.17. The number of halogens is 3. The zero-order chi connectivity index (χ0) is 14.5. The van der Waals surface area contributed by atoms with Gasteiger partial charge in [-0.3, -0.25) is 0 Å². The fourth-order valence-corrected chi connectivity index (χ4v) is 2.70. The third-order valence-electron chi connectivity index (χ3n) is 3.14. The van der Waals surface area contributed by atoms with Crippen molar-refractivity contribution in [2.24, 2.45) is 0 Å². The van der Waals surface area contributed by atoms with Gasteiger partial charge < -0.3 is 5.32 Å². The third-order valence-corrected chi connectivity index (χ3v) is 4.10. The van der Waals surface area contributed by atoms with Crippen LogP contribution in [0.5, 0.6) is 0 Å². The molecule has 1 atom stereocenters. The van der Waals surface area contributed by atoms with E-state index in [0.29, 0.717) is 10.6 Å². The van der Waals surface area contributed by atoms with E-state index in [-0.39, 0.29) is 11.9 Å². The van der Waals surface area contributed by atoms with Gasteiger partial charge >= 0.3 is 0 Å². The first-order valence-corrected chi connectivity index (χ1v) is 7.98. The lowest BCUT2D eigenvalue weighted by Gasteiger charge is -2.19. The first-order valence-electron chi connectivity index (χ1n) is 6.53. The summed E-state index contributed by atoms with van der Waals surface area (Å²) in [6.45, 7) is 2.81. The fourth-order valence-electron chi connectivity index (χ4n) is 2.18. The molecule has 4 heteroatoms. The maximum Gasteiger partial charge on any atom is 0.129 e. The lowest BCUT2D eigenvalue weighted by molar-refractivity contribution is 0.510. The van der Waals surface area contributed by atoms with E-state index in [1.54, 1.807) is 12.1 Å². The Morgan fingerprint density at radius 2 is 1.90 bits per heavy atom.